The van der Waals surface area contributed by atoms with Gasteiger partial charge in [-0.1, -0.05) is 50.2 Å². The smallest absolute Gasteiger partial charge is 0.254 e. The molecule has 258 valence electrons. The molecular formula is C39H43N7O3S. The van der Waals surface area contributed by atoms with E-state index < -0.39 is 18.1 Å². The minimum Gasteiger partial charge on any atom is -0.390 e. The van der Waals surface area contributed by atoms with Crippen LogP contribution in [0.25, 0.3) is 11.3 Å². The molecule has 0 saturated carbocycles. The Morgan fingerprint density at radius 2 is 1.82 bits per heavy atom. The second-order valence-corrected chi connectivity index (χ2v) is 14.0. The first kappa shape index (κ1) is 35.0. The number of thiazole rings is 1. The second kappa shape index (κ2) is 16.2. The molecule has 1 aliphatic heterocycles. The van der Waals surface area contributed by atoms with Crippen LogP contribution in [0.15, 0.2) is 91.0 Å². The van der Waals surface area contributed by atoms with Crippen LogP contribution in [0.3, 0.4) is 0 Å². The first-order valence-electron chi connectivity index (χ1n) is 17.1. The van der Waals surface area contributed by atoms with Crippen molar-refractivity contribution in [1.82, 2.24) is 35.5 Å². The zero-order valence-corrected chi connectivity index (χ0v) is 29.4. The van der Waals surface area contributed by atoms with E-state index in [4.69, 9.17) is 0 Å². The van der Waals surface area contributed by atoms with E-state index in [2.05, 4.69) is 50.5 Å². The molecule has 11 heteroatoms. The number of nitrogens with one attached hydrogen (secondary N) is 2. The van der Waals surface area contributed by atoms with E-state index in [1.165, 1.54) is 0 Å². The van der Waals surface area contributed by atoms with E-state index in [-0.39, 0.29) is 18.5 Å². The van der Waals surface area contributed by atoms with Crippen molar-refractivity contribution in [3.63, 3.8) is 0 Å². The first-order valence-corrected chi connectivity index (χ1v) is 17.9. The van der Waals surface area contributed by atoms with Gasteiger partial charge in [0.2, 0.25) is 0 Å². The van der Waals surface area contributed by atoms with E-state index in [1.54, 1.807) is 48.1 Å². The van der Waals surface area contributed by atoms with Gasteiger partial charge >= 0.3 is 0 Å². The van der Waals surface area contributed by atoms with Crippen molar-refractivity contribution in [1.29, 1.82) is 0 Å². The van der Waals surface area contributed by atoms with E-state index in [1.807, 2.05) is 59.9 Å². The molecule has 1 fully saturated rings. The van der Waals surface area contributed by atoms with Crippen molar-refractivity contribution >= 4 is 23.2 Å². The zero-order valence-electron chi connectivity index (χ0n) is 28.6. The second-order valence-electron chi connectivity index (χ2n) is 13.1. The van der Waals surface area contributed by atoms with Gasteiger partial charge in [-0.15, -0.1) is 11.3 Å². The van der Waals surface area contributed by atoms with Gasteiger partial charge in [0.1, 0.15) is 5.01 Å². The molecule has 0 spiro atoms. The summed E-state index contributed by atoms with van der Waals surface area (Å²) in [5, 5.41) is 20.8. The number of amides is 2. The van der Waals surface area contributed by atoms with Crippen molar-refractivity contribution in [3.05, 3.63) is 129 Å². The Kier molecular flexibility index (Phi) is 11.4. The van der Waals surface area contributed by atoms with E-state index in [0.29, 0.717) is 47.8 Å². The quantitative estimate of drug-likeness (QED) is 0.139. The number of hydrogen-bond donors (Lipinski definition) is 3. The van der Waals surface area contributed by atoms with Gasteiger partial charge in [-0.2, -0.15) is 0 Å². The molecule has 5 aromatic rings. The third-order valence-electron chi connectivity index (χ3n) is 8.98. The Hall–Kier alpha value is -4.84. The van der Waals surface area contributed by atoms with Crippen LogP contribution < -0.4 is 10.6 Å². The molecule has 6 rings (SSSR count). The third kappa shape index (κ3) is 8.65. The summed E-state index contributed by atoms with van der Waals surface area (Å²) in [7, 11) is 0. The van der Waals surface area contributed by atoms with Crippen LogP contribution in [-0.2, 0) is 13.0 Å². The third-order valence-corrected chi connectivity index (χ3v) is 10.0. The number of nitrogens with zero attached hydrogens (tertiary/aromatic N) is 5. The molecule has 0 unspecified atom stereocenters. The molecule has 50 heavy (non-hydrogen) atoms. The minimum absolute atomic E-state index is 0.111. The fourth-order valence-electron chi connectivity index (χ4n) is 6.27. The summed E-state index contributed by atoms with van der Waals surface area (Å²) in [6, 6.07) is 16.3. The van der Waals surface area contributed by atoms with Crippen LogP contribution in [0.5, 0.6) is 0 Å². The topological polar surface area (TPSA) is 133 Å². The summed E-state index contributed by atoms with van der Waals surface area (Å²) in [5.41, 5.74) is 5.93. The maximum absolute atomic E-state index is 14.1. The number of carbonyl (C=O) groups is 2. The van der Waals surface area contributed by atoms with E-state index in [0.717, 1.165) is 40.2 Å². The van der Waals surface area contributed by atoms with Gasteiger partial charge in [0.05, 0.1) is 30.1 Å². The van der Waals surface area contributed by atoms with Gasteiger partial charge in [0.15, 0.2) is 0 Å². The molecule has 2 aromatic carbocycles. The highest BCUT2D eigenvalue weighted by molar-refractivity contribution is 7.09. The van der Waals surface area contributed by atoms with Gasteiger partial charge in [0.25, 0.3) is 11.8 Å². The van der Waals surface area contributed by atoms with Gasteiger partial charge in [0, 0.05) is 72.2 Å². The number of rotatable bonds is 13. The summed E-state index contributed by atoms with van der Waals surface area (Å²) in [4.78, 5) is 47.8. The van der Waals surface area contributed by atoms with E-state index in [9.17, 15) is 14.7 Å². The number of aliphatic hydroxyl groups is 1. The Morgan fingerprint density at radius 3 is 2.56 bits per heavy atom. The monoisotopic (exact) mass is 689 g/mol. The number of aryl methyl sites for hydroxylation is 1. The molecule has 1 saturated heterocycles. The van der Waals surface area contributed by atoms with Crippen LogP contribution in [0.2, 0.25) is 0 Å². The van der Waals surface area contributed by atoms with Crippen molar-refractivity contribution < 1.29 is 14.7 Å². The van der Waals surface area contributed by atoms with Gasteiger partial charge in [-0.3, -0.25) is 24.5 Å². The fourth-order valence-corrected chi connectivity index (χ4v) is 7.21. The summed E-state index contributed by atoms with van der Waals surface area (Å²) >= 11 is 1.57. The first-order chi connectivity index (χ1) is 24.2. The number of benzene rings is 2. The molecule has 3 atom stereocenters. The Morgan fingerprint density at radius 1 is 1.00 bits per heavy atom. The maximum Gasteiger partial charge on any atom is 0.254 e. The molecule has 0 radical (unpaired) electrons. The summed E-state index contributed by atoms with van der Waals surface area (Å²) in [6.07, 6.45) is 9.69. The van der Waals surface area contributed by atoms with E-state index >= 15 is 0 Å². The van der Waals surface area contributed by atoms with Gasteiger partial charge in [-0.25, -0.2) is 4.98 Å². The summed E-state index contributed by atoms with van der Waals surface area (Å²) in [5.74, 6) is -0.200. The lowest BCUT2D eigenvalue weighted by molar-refractivity contribution is 0.0735. The summed E-state index contributed by atoms with van der Waals surface area (Å²) < 4.78 is 0. The van der Waals surface area contributed by atoms with Crippen LogP contribution >= 0.6 is 11.3 Å². The Bertz CT molecular complexity index is 1900. The highest BCUT2D eigenvalue weighted by Gasteiger charge is 2.33. The molecular weight excluding hydrogens is 647 g/mol. The number of hydrogen-bond acceptors (Lipinski definition) is 9. The molecule has 0 aliphatic carbocycles. The number of aromatic nitrogens is 4. The highest BCUT2D eigenvalue weighted by Crippen LogP contribution is 2.35. The largest absolute Gasteiger partial charge is 0.390 e. The summed E-state index contributed by atoms with van der Waals surface area (Å²) in [6.45, 7) is 7.60. The molecule has 4 heterocycles. The standard InChI is InChI=1S/C39H43N7O3S/c1-25(2)32-14-28(19-41-21-32)20-42-23-36(47)33(15-27-8-5-4-6-9-27)45-37(48)30-16-29(34-22-40-11-12-43-34)17-31(18-30)39(49)46-13-7-10-35(46)38-44-26(3)24-50-38/h4-6,8-9,11-12,14,16-19,21-22,24-25,33,35-36,42,47H,7,10,13,15,20,23H2,1-3H3,(H,45,48)/t33-,35+,36+/m0/s1. The molecule has 2 amide bonds. The Balaban J connectivity index is 1.25. The maximum atomic E-state index is 14.1. The van der Waals surface area contributed by atoms with Gasteiger partial charge < -0.3 is 20.6 Å². The highest BCUT2D eigenvalue weighted by atomic mass is 32.1. The molecule has 3 N–H and O–H groups in total. The molecule has 10 nitrogen and oxygen atoms in total. The van der Waals surface area contributed by atoms with Crippen molar-refractivity contribution in [2.75, 3.05) is 13.1 Å². The van der Waals surface area contributed by atoms with Crippen LogP contribution in [0.4, 0.5) is 0 Å². The SMILES string of the molecule is Cc1csc([C@H]2CCCN2C(=O)c2cc(C(=O)N[C@@H](Cc3ccccc3)[C@H](O)CNCc3cncc(C(C)C)c3)cc(-c3cnccn3)c2)n1. The number of carbonyl (C=O) groups excluding carboxylic acids is 2. The lowest BCUT2D eigenvalue weighted by Crippen LogP contribution is -2.48. The molecule has 3 aromatic heterocycles. The van der Waals surface area contributed by atoms with Crippen LogP contribution in [-0.4, -0.2) is 67.0 Å². The lowest BCUT2D eigenvalue weighted by atomic mass is 9.98. The van der Waals surface area contributed by atoms with Crippen molar-refractivity contribution in [2.24, 2.45) is 0 Å². The van der Waals surface area contributed by atoms with Crippen LogP contribution in [0.1, 0.15) is 86.8 Å². The van der Waals surface area contributed by atoms with Gasteiger partial charge in [-0.05, 0) is 67.0 Å². The fraction of sp³-hybridized carbons (Fsp3) is 0.333. The average Bonchev–Trinajstić information content (AvgIpc) is 3.81. The number of likely N-dealkylation sites (tertiary alicyclic amines) is 1. The molecule has 1 aliphatic rings. The predicted octanol–water partition coefficient (Wildman–Crippen LogP) is 5.90. The lowest BCUT2D eigenvalue weighted by Gasteiger charge is -2.26. The minimum atomic E-state index is -0.906. The van der Waals surface area contributed by atoms with Crippen LogP contribution in [0, 0.1) is 6.92 Å². The Labute approximate surface area is 297 Å². The van der Waals surface area contributed by atoms with Crippen molar-refractivity contribution in [3.8, 4) is 11.3 Å². The normalized spacial score (nSPS) is 15.6. The van der Waals surface area contributed by atoms with Crippen molar-refractivity contribution in [2.45, 2.75) is 70.7 Å². The number of aliphatic hydroxyl groups excluding tert-OH is 1. The molecule has 0 bridgehead atoms. The average molecular weight is 690 g/mol. The predicted molar refractivity (Wildman–Crippen MR) is 195 cm³/mol. The number of pyridine rings is 1. The zero-order chi connectivity index (χ0) is 35.0.